The molecule has 0 aromatic heterocycles. The number of fused-ring (bicyclic) bond motifs is 1. The molecular weight excluding hydrogens is 260 g/mol. The smallest absolute Gasteiger partial charge is 0.184 e. The summed E-state index contributed by atoms with van der Waals surface area (Å²) in [4.78, 5) is 0. The topological polar surface area (TPSA) is 57.2 Å². The van der Waals surface area contributed by atoms with E-state index in [0.717, 1.165) is 0 Å². The minimum absolute atomic E-state index is 0.367. The molecule has 2 aliphatic rings. The van der Waals surface area contributed by atoms with Gasteiger partial charge in [0.15, 0.2) is 12.1 Å². The van der Waals surface area contributed by atoms with E-state index in [0.29, 0.717) is 12.8 Å². The maximum atomic E-state index is 10.3. The zero-order valence-corrected chi connectivity index (χ0v) is 12.4. The highest BCUT2D eigenvalue weighted by molar-refractivity contribution is 5.08. The summed E-state index contributed by atoms with van der Waals surface area (Å²) < 4.78 is 23.1. The Labute approximate surface area is 120 Å². The van der Waals surface area contributed by atoms with Gasteiger partial charge in [-0.15, -0.1) is 13.2 Å². The van der Waals surface area contributed by atoms with Crippen molar-refractivity contribution in [2.75, 3.05) is 7.11 Å². The molecule has 114 valence electrons. The molecule has 1 N–H and O–H groups in total. The summed E-state index contributed by atoms with van der Waals surface area (Å²) in [6, 6.07) is 0. The van der Waals surface area contributed by atoms with Gasteiger partial charge in [0.05, 0.1) is 0 Å². The molecule has 2 saturated heterocycles. The SMILES string of the molecule is C=CCC1(CC=C)OC(O)[C@@H]2OC(C)(C)O[C@@H]2[C@H]1OC. The first-order chi connectivity index (χ1) is 9.39. The van der Waals surface area contributed by atoms with Crippen LogP contribution in [0.25, 0.3) is 0 Å². The third-order valence-electron chi connectivity index (χ3n) is 3.85. The molecular formula is C15H24O5. The number of hydrogen-bond donors (Lipinski definition) is 1. The largest absolute Gasteiger partial charge is 0.376 e. The molecule has 20 heavy (non-hydrogen) atoms. The highest BCUT2D eigenvalue weighted by Gasteiger charge is 2.60. The number of methoxy groups -OCH3 is 1. The Balaban J connectivity index is 2.35. The van der Waals surface area contributed by atoms with Crippen LogP contribution < -0.4 is 0 Å². The van der Waals surface area contributed by atoms with Crippen LogP contribution in [0.15, 0.2) is 25.3 Å². The molecule has 2 aliphatic heterocycles. The number of hydrogen-bond acceptors (Lipinski definition) is 5. The summed E-state index contributed by atoms with van der Waals surface area (Å²) in [5.41, 5.74) is -0.734. The van der Waals surface area contributed by atoms with Crippen LogP contribution in [0.2, 0.25) is 0 Å². The lowest BCUT2D eigenvalue weighted by atomic mass is 9.81. The predicted octanol–water partition coefficient (Wildman–Crippen LogP) is 1.76. The molecule has 0 saturated carbocycles. The van der Waals surface area contributed by atoms with E-state index in [1.807, 2.05) is 13.8 Å². The summed E-state index contributed by atoms with van der Waals surface area (Å²) >= 11 is 0. The zero-order valence-electron chi connectivity index (χ0n) is 12.4. The molecule has 4 atom stereocenters. The van der Waals surface area contributed by atoms with Crippen LogP contribution in [0.4, 0.5) is 0 Å². The highest BCUT2D eigenvalue weighted by Crippen LogP contribution is 2.44. The summed E-state index contributed by atoms with van der Waals surface area (Å²) in [6.07, 6.45) is 2.19. The van der Waals surface area contributed by atoms with Crippen molar-refractivity contribution in [2.45, 2.75) is 62.7 Å². The number of aliphatic hydroxyl groups is 1. The number of rotatable bonds is 5. The molecule has 0 aromatic rings. The van der Waals surface area contributed by atoms with E-state index in [2.05, 4.69) is 13.2 Å². The van der Waals surface area contributed by atoms with Gasteiger partial charge in [0.25, 0.3) is 0 Å². The van der Waals surface area contributed by atoms with E-state index in [-0.39, 0.29) is 6.10 Å². The van der Waals surface area contributed by atoms with E-state index >= 15 is 0 Å². The van der Waals surface area contributed by atoms with Crippen LogP contribution in [0.3, 0.4) is 0 Å². The normalized spacial score (nSPS) is 38.2. The lowest BCUT2D eigenvalue weighted by Crippen LogP contribution is -2.63. The minimum Gasteiger partial charge on any atom is -0.376 e. The van der Waals surface area contributed by atoms with Gasteiger partial charge in [0, 0.05) is 7.11 Å². The van der Waals surface area contributed by atoms with E-state index < -0.39 is 29.9 Å². The molecule has 2 rings (SSSR count). The van der Waals surface area contributed by atoms with Crippen molar-refractivity contribution in [3.63, 3.8) is 0 Å². The molecule has 0 aliphatic carbocycles. The van der Waals surface area contributed by atoms with Gasteiger partial charge in [-0.3, -0.25) is 0 Å². The molecule has 0 spiro atoms. The Morgan fingerprint density at radius 1 is 1.10 bits per heavy atom. The first-order valence-electron chi connectivity index (χ1n) is 6.85. The molecule has 2 fully saturated rings. The third kappa shape index (κ3) is 2.56. The third-order valence-corrected chi connectivity index (χ3v) is 3.85. The van der Waals surface area contributed by atoms with Gasteiger partial charge < -0.3 is 24.1 Å². The van der Waals surface area contributed by atoms with Crippen molar-refractivity contribution in [3.8, 4) is 0 Å². The summed E-state index contributed by atoms with van der Waals surface area (Å²) in [5.74, 6) is -0.769. The summed E-state index contributed by atoms with van der Waals surface area (Å²) in [5, 5.41) is 10.3. The Morgan fingerprint density at radius 3 is 2.15 bits per heavy atom. The van der Waals surface area contributed by atoms with Crippen LogP contribution in [0.1, 0.15) is 26.7 Å². The Bertz CT molecular complexity index is 368. The quantitative estimate of drug-likeness (QED) is 0.780. The van der Waals surface area contributed by atoms with Crippen LogP contribution >= 0.6 is 0 Å². The summed E-state index contributed by atoms with van der Waals surface area (Å²) in [7, 11) is 1.61. The predicted molar refractivity (Wildman–Crippen MR) is 74.1 cm³/mol. The van der Waals surface area contributed by atoms with Crippen molar-refractivity contribution >= 4 is 0 Å². The van der Waals surface area contributed by atoms with Crippen LogP contribution in [0.5, 0.6) is 0 Å². The first-order valence-corrected chi connectivity index (χ1v) is 6.85. The Morgan fingerprint density at radius 2 is 1.65 bits per heavy atom. The van der Waals surface area contributed by atoms with Crippen LogP contribution in [-0.2, 0) is 18.9 Å². The molecule has 1 unspecified atom stereocenters. The lowest BCUT2D eigenvalue weighted by molar-refractivity contribution is -0.301. The second-order valence-corrected chi connectivity index (χ2v) is 5.78. The molecule has 0 aromatic carbocycles. The summed E-state index contributed by atoms with van der Waals surface area (Å²) in [6.45, 7) is 11.2. The van der Waals surface area contributed by atoms with Gasteiger partial charge in [-0.05, 0) is 26.7 Å². The number of ether oxygens (including phenoxy) is 4. The van der Waals surface area contributed by atoms with Crippen molar-refractivity contribution < 1.29 is 24.1 Å². The van der Waals surface area contributed by atoms with Gasteiger partial charge in [0.1, 0.15) is 23.9 Å². The van der Waals surface area contributed by atoms with Crippen molar-refractivity contribution in [1.82, 2.24) is 0 Å². The van der Waals surface area contributed by atoms with Gasteiger partial charge >= 0.3 is 0 Å². The molecule has 2 heterocycles. The van der Waals surface area contributed by atoms with Gasteiger partial charge in [-0.1, -0.05) is 12.2 Å². The fourth-order valence-corrected chi connectivity index (χ4v) is 3.20. The molecule has 0 bridgehead atoms. The maximum absolute atomic E-state index is 10.3. The highest BCUT2D eigenvalue weighted by atomic mass is 16.8. The molecule has 0 amide bonds. The fraction of sp³-hybridized carbons (Fsp3) is 0.733. The molecule has 5 nitrogen and oxygen atoms in total. The fourth-order valence-electron chi connectivity index (χ4n) is 3.20. The van der Waals surface area contributed by atoms with Crippen LogP contribution in [-0.4, -0.2) is 48.2 Å². The van der Waals surface area contributed by atoms with E-state index in [1.54, 1.807) is 19.3 Å². The Hall–Kier alpha value is -0.720. The van der Waals surface area contributed by atoms with E-state index in [9.17, 15) is 5.11 Å². The van der Waals surface area contributed by atoms with Gasteiger partial charge in [0.2, 0.25) is 0 Å². The average molecular weight is 284 g/mol. The second kappa shape index (κ2) is 5.58. The zero-order chi connectivity index (χ0) is 15.0. The van der Waals surface area contributed by atoms with Crippen molar-refractivity contribution in [1.29, 1.82) is 0 Å². The monoisotopic (exact) mass is 284 g/mol. The van der Waals surface area contributed by atoms with E-state index in [1.165, 1.54) is 0 Å². The van der Waals surface area contributed by atoms with Gasteiger partial charge in [-0.2, -0.15) is 0 Å². The minimum atomic E-state index is -1.06. The first kappa shape index (κ1) is 15.7. The van der Waals surface area contributed by atoms with Crippen LogP contribution in [0, 0.1) is 0 Å². The number of aliphatic hydroxyl groups excluding tert-OH is 1. The standard InChI is InChI=1S/C15H24O5/c1-6-8-15(9-7-2)12(17-5)10-11(13(16)20-15)19-14(3,4)18-10/h6-7,10-13,16H,1-2,8-9H2,3-5H3/t10-,11+,12+,13?/m0/s1. The van der Waals surface area contributed by atoms with Crippen molar-refractivity contribution in [3.05, 3.63) is 25.3 Å². The maximum Gasteiger partial charge on any atom is 0.184 e. The molecule has 0 radical (unpaired) electrons. The molecule has 5 heteroatoms. The lowest BCUT2D eigenvalue weighted by Gasteiger charge is -2.48. The van der Waals surface area contributed by atoms with Crippen molar-refractivity contribution in [2.24, 2.45) is 0 Å². The average Bonchev–Trinajstić information content (AvgIpc) is 2.66. The second-order valence-electron chi connectivity index (χ2n) is 5.78. The van der Waals surface area contributed by atoms with E-state index in [4.69, 9.17) is 18.9 Å². The Kier molecular flexibility index (Phi) is 4.37. The van der Waals surface area contributed by atoms with Gasteiger partial charge in [-0.25, -0.2) is 0 Å².